The first kappa shape index (κ1) is 15.8. The molecule has 0 bridgehead atoms. The van der Waals surface area contributed by atoms with Gasteiger partial charge in [-0.1, -0.05) is 25.5 Å². The zero-order valence-corrected chi connectivity index (χ0v) is 12.8. The van der Waals surface area contributed by atoms with Crippen molar-refractivity contribution in [2.75, 3.05) is 19.0 Å². The van der Waals surface area contributed by atoms with Crippen LogP contribution in [0, 0.1) is 0 Å². The number of nitrogens with one attached hydrogen (secondary N) is 2. The predicted octanol–water partition coefficient (Wildman–Crippen LogP) is 2.76. The number of rotatable bonds is 7. The number of hydrogen-bond acceptors (Lipinski definition) is 5. The normalized spacial score (nSPS) is 10.1. The van der Waals surface area contributed by atoms with Gasteiger partial charge in [-0.15, -0.1) is 0 Å². The van der Waals surface area contributed by atoms with Crippen LogP contribution in [0.3, 0.4) is 0 Å². The number of benzene rings is 1. The van der Waals surface area contributed by atoms with E-state index in [1.165, 1.54) is 12.4 Å². The molecule has 2 N–H and O–H groups in total. The van der Waals surface area contributed by atoms with Gasteiger partial charge in [0.05, 0.1) is 25.2 Å². The van der Waals surface area contributed by atoms with Gasteiger partial charge in [0.1, 0.15) is 17.3 Å². The van der Waals surface area contributed by atoms with E-state index in [2.05, 4.69) is 27.5 Å². The van der Waals surface area contributed by atoms with Gasteiger partial charge in [0.15, 0.2) is 0 Å². The van der Waals surface area contributed by atoms with E-state index in [0.717, 1.165) is 18.5 Å². The fraction of sp³-hybridized carbons (Fsp3) is 0.312. The molecule has 116 valence electrons. The van der Waals surface area contributed by atoms with Crippen molar-refractivity contribution in [2.45, 2.75) is 19.8 Å². The number of aromatic nitrogens is 2. The summed E-state index contributed by atoms with van der Waals surface area (Å²) in [5.41, 5.74) is 1.10. The number of amides is 1. The fourth-order valence-corrected chi connectivity index (χ4v) is 1.86. The quantitative estimate of drug-likeness (QED) is 0.769. The molecule has 2 rings (SSSR count). The summed E-state index contributed by atoms with van der Waals surface area (Å²) in [6.07, 6.45) is 4.97. The summed E-state index contributed by atoms with van der Waals surface area (Å²) >= 11 is 0. The van der Waals surface area contributed by atoms with Crippen molar-refractivity contribution in [2.24, 2.45) is 0 Å². The Hall–Kier alpha value is -2.63. The van der Waals surface area contributed by atoms with Gasteiger partial charge in [0.25, 0.3) is 5.91 Å². The second-order valence-corrected chi connectivity index (χ2v) is 4.72. The number of carbonyl (C=O) groups excluding carboxylic acids is 1. The summed E-state index contributed by atoms with van der Waals surface area (Å²) in [6.45, 7) is 2.72. The second-order valence-electron chi connectivity index (χ2n) is 4.72. The molecule has 6 heteroatoms. The highest BCUT2D eigenvalue weighted by atomic mass is 16.5. The Morgan fingerprint density at radius 2 is 2.05 bits per heavy atom. The Bertz CT molecular complexity index is 614. The average Bonchev–Trinajstić information content (AvgIpc) is 2.56. The maximum absolute atomic E-state index is 11.8. The lowest BCUT2D eigenvalue weighted by Gasteiger charge is -2.10. The van der Waals surface area contributed by atoms with Crippen molar-refractivity contribution in [3.63, 3.8) is 0 Å². The Balaban J connectivity index is 2.01. The molecule has 0 unspecified atom stereocenters. The van der Waals surface area contributed by atoms with Crippen molar-refractivity contribution < 1.29 is 9.53 Å². The minimum atomic E-state index is -0.204. The lowest BCUT2D eigenvalue weighted by Crippen LogP contribution is -2.25. The van der Waals surface area contributed by atoms with E-state index >= 15 is 0 Å². The molecule has 1 heterocycles. The topological polar surface area (TPSA) is 76.1 Å². The molecule has 0 saturated heterocycles. The van der Waals surface area contributed by atoms with Gasteiger partial charge in [-0.05, 0) is 18.6 Å². The van der Waals surface area contributed by atoms with Gasteiger partial charge in [-0.2, -0.15) is 0 Å². The summed E-state index contributed by atoms with van der Waals surface area (Å²) in [5.74, 6) is 1.06. The molecule has 2 aromatic rings. The molecular weight excluding hydrogens is 280 g/mol. The molecule has 1 aromatic heterocycles. The predicted molar refractivity (Wildman–Crippen MR) is 85.5 cm³/mol. The minimum Gasteiger partial charge on any atom is -0.495 e. The second kappa shape index (κ2) is 7.97. The minimum absolute atomic E-state index is 0.204. The van der Waals surface area contributed by atoms with E-state index in [-0.39, 0.29) is 5.91 Å². The van der Waals surface area contributed by atoms with Crippen LogP contribution in [-0.4, -0.2) is 29.5 Å². The average molecular weight is 300 g/mol. The van der Waals surface area contributed by atoms with Crippen LogP contribution in [0.15, 0.2) is 36.7 Å². The zero-order chi connectivity index (χ0) is 15.8. The highest BCUT2D eigenvalue weighted by molar-refractivity contribution is 5.92. The number of ether oxygens (including phenoxy) is 1. The Labute approximate surface area is 129 Å². The van der Waals surface area contributed by atoms with E-state index in [9.17, 15) is 4.79 Å². The van der Waals surface area contributed by atoms with Crippen LogP contribution < -0.4 is 15.4 Å². The maximum atomic E-state index is 11.8. The third-order valence-corrected chi connectivity index (χ3v) is 3.07. The van der Waals surface area contributed by atoms with Gasteiger partial charge in [0.2, 0.25) is 0 Å². The van der Waals surface area contributed by atoms with Gasteiger partial charge in [0, 0.05) is 6.54 Å². The summed E-state index contributed by atoms with van der Waals surface area (Å²) in [5, 5.41) is 5.92. The molecule has 0 radical (unpaired) electrons. The standard InChI is InChI=1S/C16H20N4O2/c1-3-4-9-17-16(21)13-10-19-15(11-18-13)20-12-7-5-6-8-14(12)22-2/h5-8,10-11H,3-4,9H2,1-2H3,(H,17,21)(H,19,20). The first-order valence-corrected chi connectivity index (χ1v) is 7.25. The molecule has 0 fully saturated rings. The van der Waals surface area contributed by atoms with Crippen LogP contribution >= 0.6 is 0 Å². The molecule has 1 amide bonds. The first-order chi connectivity index (χ1) is 10.7. The van der Waals surface area contributed by atoms with E-state index in [4.69, 9.17) is 4.74 Å². The number of hydrogen-bond donors (Lipinski definition) is 2. The SMILES string of the molecule is CCCCNC(=O)c1cnc(Nc2ccccc2OC)cn1. The summed E-state index contributed by atoms with van der Waals surface area (Å²) in [4.78, 5) is 20.2. The largest absolute Gasteiger partial charge is 0.495 e. The van der Waals surface area contributed by atoms with Gasteiger partial charge >= 0.3 is 0 Å². The van der Waals surface area contributed by atoms with Gasteiger partial charge < -0.3 is 15.4 Å². The van der Waals surface area contributed by atoms with Crippen LogP contribution in [-0.2, 0) is 0 Å². The number of anilines is 2. The van der Waals surface area contributed by atoms with Crippen molar-refractivity contribution >= 4 is 17.4 Å². The van der Waals surface area contributed by atoms with Crippen molar-refractivity contribution in [3.05, 3.63) is 42.4 Å². The molecule has 0 atom stereocenters. The first-order valence-electron chi connectivity index (χ1n) is 7.25. The Morgan fingerprint density at radius 3 is 2.73 bits per heavy atom. The van der Waals surface area contributed by atoms with Crippen LogP contribution in [0.5, 0.6) is 5.75 Å². The lowest BCUT2D eigenvalue weighted by molar-refractivity contribution is 0.0948. The maximum Gasteiger partial charge on any atom is 0.271 e. The monoisotopic (exact) mass is 300 g/mol. The summed E-state index contributed by atoms with van der Waals surface area (Å²) in [7, 11) is 1.61. The molecule has 0 saturated carbocycles. The van der Waals surface area contributed by atoms with E-state index in [0.29, 0.717) is 23.8 Å². The highest BCUT2D eigenvalue weighted by Gasteiger charge is 2.08. The molecule has 22 heavy (non-hydrogen) atoms. The number of para-hydroxylation sites is 2. The van der Waals surface area contributed by atoms with Crippen molar-refractivity contribution in [1.29, 1.82) is 0 Å². The summed E-state index contributed by atoms with van der Waals surface area (Å²) in [6, 6.07) is 7.52. The molecular formula is C16H20N4O2. The Morgan fingerprint density at radius 1 is 1.23 bits per heavy atom. The van der Waals surface area contributed by atoms with E-state index < -0.39 is 0 Å². The molecule has 0 spiro atoms. The molecule has 0 aliphatic carbocycles. The summed E-state index contributed by atoms with van der Waals surface area (Å²) < 4.78 is 5.26. The van der Waals surface area contributed by atoms with Crippen LogP contribution in [0.2, 0.25) is 0 Å². The molecule has 0 aliphatic heterocycles. The smallest absolute Gasteiger partial charge is 0.271 e. The fourth-order valence-electron chi connectivity index (χ4n) is 1.86. The molecule has 6 nitrogen and oxygen atoms in total. The number of methoxy groups -OCH3 is 1. The van der Waals surface area contributed by atoms with Gasteiger partial charge in [-0.3, -0.25) is 4.79 Å². The molecule has 0 aliphatic rings. The highest BCUT2D eigenvalue weighted by Crippen LogP contribution is 2.25. The lowest BCUT2D eigenvalue weighted by atomic mass is 10.3. The van der Waals surface area contributed by atoms with Crippen LogP contribution in [0.1, 0.15) is 30.3 Å². The molecule has 1 aromatic carbocycles. The van der Waals surface area contributed by atoms with Crippen molar-refractivity contribution in [1.82, 2.24) is 15.3 Å². The van der Waals surface area contributed by atoms with Crippen LogP contribution in [0.25, 0.3) is 0 Å². The zero-order valence-electron chi connectivity index (χ0n) is 12.8. The van der Waals surface area contributed by atoms with Gasteiger partial charge in [-0.25, -0.2) is 9.97 Å². The van der Waals surface area contributed by atoms with E-state index in [1.54, 1.807) is 7.11 Å². The number of nitrogens with zero attached hydrogens (tertiary/aromatic N) is 2. The Kier molecular flexibility index (Phi) is 5.71. The third-order valence-electron chi connectivity index (χ3n) is 3.07. The van der Waals surface area contributed by atoms with Crippen LogP contribution in [0.4, 0.5) is 11.5 Å². The number of carbonyl (C=O) groups is 1. The number of unbranched alkanes of at least 4 members (excludes halogenated alkanes) is 1. The third kappa shape index (κ3) is 4.18. The van der Waals surface area contributed by atoms with Crippen molar-refractivity contribution in [3.8, 4) is 5.75 Å². The van der Waals surface area contributed by atoms with E-state index in [1.807, 2.05) is 24.3 Å².